The lowest BCUT2D eigenvalue weighted by Crippen LogP contribution is -2.39. The molecule has 0 spiro atoms. The number of nitrogens with zero attached hydrogens (tertiary/aromatic N) is 2. The topological polar surface area (TPSA) is 50.3 Å². The van der Waals surface area contributed by atoms with Crippen LogP contribution in [0, 0.1) is 0 Å². The summed E-state index contributed by atoms with van der Waals surface area (Å²) in [5, 5.41) is 0. The molecule has 19 heavy (non-hydrogen) atoms. The average molecular weight is 260 g/mol. The van der Waals surface area contributed by atoms with Crippen molar-refractivity contribution in [2.45, 2.75) is 46.1 Å². The van der Waals surface area contributed by atoms with Crippen LogP contribution in [0.1, 0.15) is 44.6 Å². The molecule has 0 saturated carbocycles. The number of pyridine rings is 1. The van der Waals surface area contributed by atoms with Crippen molar-refractivity contribution in [1.82, 2.24) is 9.88 Å². The molecule has 1 amide bonds. The van der Waals surface area contributed by atoms with E-state index in [0.717, 1.165) is 23.4 Å². The average Bonchev–Trinajstić information content (AvgIpc) is 2.35. The smallest absolute Gasteiger partial charge is 0.289 e. The number of carbonyl (C=O) groups excluding carboxylic acids is 2. The van der Waals surface area contributed by atoms with Gasteiger partial charge in [0.2, 0.25) is 5.78 Å². The molecule has 0 N–H and O–H groups in total. The lowest BCUT2D eigenvalue weighted by Gasteiger charge is -2.29. The summed E-state index contributed by atoms with van der Waals surface area (Å²) in [6.07, 6.45) is 0.721. The fraction of sp³-hybridized carbons (Fsp3) is 0.533. The van der Waals surface area contributed by atoms with Crippen molar-refractivity contribution in [3.05, 3.63) is 29.1 Å². The molecule has 0 unspecified atom stereocenters. The quantitative estimate of drug-likeness (QED) is 0.724. The maximum absolute atomic E-state index is 11.7. The molecule has 1 aliphatic rings. The van der Waals surface area contributed by atoms with Crippen molar-refractivity contribution in [3.8, 4) is 0 Å². The third-order valence-electron chi connectivity index (χ3n) is 3.41. The molecule has 0 radical (unpaired) electrons. The highest BCUT2D eigenvalue weighted by Crippen LogP contribution is 2.24. The van der Waals surface area contributed by atoms with Gasteiger partial charge in [0.05, 0.1) is 0 Å². The van der Waals surface area contributed by atoms with Crippen LogP contribution in [-0.2, 0) is 28.0 Å². The molecule has 2 rings (SSSR count). The van der Waals surface area contributed by atoms with E-state index in [1.807, 2.05) is 12.1 Å². The highest BCUT2D eigenvalue weighted by Gasteiger charge is 2.25. The summed E-state index contributed by atoms with van der Waals surface area (Å²) in [6, 6.07) is 4.04. The Hall–Kier alpha value is -1.71. The predicted molar refractivity (Wildman–Crippen MR) is 72.7 cm³/mol. The van der Waals surface area contributed by atoms with Crippen LogP contribution in [0.3, 0.4) is 0 Å². The summed E-state index contributed by atoms with van der Waals surface area (Å²) < 4.78 is 0. The predicted octanol–water partition coefficient (Wildman–Crippen LogP) is 1.85. The van der Waals surface area contributed by atoms with Gasteiger partial charge in [-0.2, -0.15) is 0 Å². The molecule has 0 bridgehead atoms. The maximum atomic E-state index is 11.7. The van der Waals surface area contributed by atoms with Gasteiger partial charge in [-0.25, -0.2) is 0 Å². The van der Waals surface area contributed by atoms with E-state index in [2.05, 4.69) is 20.8 Å². The summed E-state index contributed by atoms with van der Waals surface area (Å²) in [6.45, 7) is 8.79. The van der Waals surface area contributed by atoms with Gasteiger partial charge in [0.15, 0.2) is 0 Å². The van der Waals surface area contributed by atoms with Crippen LogP contribution in [0.15, 0.2) is 12.1 Å². The zero-order valence-corrected chi connectivity index (χ0v) is 12.0. The summed E-state index contributed by atoms with van der Waals surface area (Å²) in [5.41, 5.74) is 3.20. The van der Waals surface area contributed by atoms with Crippen molar-refractivity contribution in [3.63, 3.8) is 0 Å². The van der Waals surface area contributed by atoms with Crippen LogP contribution >= 0.6 is 0 Å². The highest BCUT2D eigenvalue weighted by molar-refractivity contribution is 6.35. The van der Waals surface area contributed by atoms with Gasteiger partial charge in [-0.1, -0.05) is 26.8 Å². The Bertz CT molecular complexity index is 529. The van der Waals surface area contributed by atoms with Gasteiger partial charge in [0.25, 0.3) is 5.91 Å². The van der Waals surface area contributed by atoms with Crippen LogP contribution in [-0.4, -0.2) is 28.1 Å². The molecule has 1 aromatic rings. The van der Waals surface area contributed by atoms with E-state index in [1.54, 1.807) is 4.90 Å². The molecule has 0 fully saturated rings. The Morgan fingerprint density at radius 2 is 1.95 bits per heavy atom. The van der Waals surface area contributed by atoms with Crippen LogP contribution in [0.25, 0.3) is 0 Å². The van der Waals surface area contributed by atoms with Gasteiger partial charge < -0.3 is 4.90 Å². The molecule has 0 atom stereocenters. The molecule has 0 saturated heterocycles. The molecule has 0 aliphatic carbocycles. The lowest BCUT2D eigenvalue weighted by atomic mass is 9.90. The number of ketones is 1. The van der Waals surface area contributed by atoms with Crippen LogP contribution in [0.5, 0.6) is 0 Å². The molecule has 0 aromatic carbocycles. The molecule has 4 heteroatoms. The van der Waals surface area contributed by atoms with Gasteiger partial charge in [-0.3, -0.25) is 14.6 Å². The first-order chi connectivity index (χ1) is 8.79. The number of aromatic nitrogens is 1. The molecule has 4 nitrogen and oxygen atoms in total. The number of amides is 1. The Balaban J connectivity index is 2.24. The van der Waals surface area contributed by atoms with Gasteiger partial charge in [0.1, 0.15) is 0 Å². The first-order valence-electron chi connectivity index (χ1n) is 6.58. The van der Waals surface area contributed by atoms with Gasteiger partial charge in [-0.05, 0) is 11.6 Å². The Morgan fingerprint density at radius 3 is 2.53 bits per heavy atom. The number of rotatable bonds is 1. The lowest BCUT2D eigenvalue weighted by molar-refractivity contribution is -0.144. The minimum Gasteiger partial charge on any atom is -0.331 e. The minimum atomic E-state index is -0.400. The van der Waals surface area contributed by atoms with Crippen molar-refractivity contribution < 1.29 is 9.59 Å². The van der Waals surface area contributed by atoms with Crippen molar-refractivity contribution in [2.24, 2.45) is 0 Å². The number of hydrogen-bond acceptors (Lipinski definition) is 3. The number of fused-ring (bicyclic) bond motifs is 1. The molecular weight excluding hydrogens is 240 g/mol. The zero-order chi connectivity index (χ0) is 14.2. The van der Waals surface area contributed by atoms with E-state index in [1.165, 1.54) is 6.92 Å². The summed E-state index contributed by atoms with van der Waals surface area (Å²) >= 11 is 0. The molecule has 1 aromatic heterocycles. The first-order valence-corrected chi connectivity index (χ1v) is 6.58. The van der Waals surface area contributed by atoms with Gasteiger partial charge in [-0.15, -0.1) is 0 Å². The summed E-state index contributed by atoms with van der Waals surface area (Å²) in [4.78, 5) is 29.1. The van der Waals surface area contributed by atoms with Crippen molar-refractivity contribution >= 4 is 11.7 Å². The number of carbonyl (C=O) groups is 2. The molecule has 2 heterocycles. The third kappa shape index (κ3) is 2.83. The Labute approximate surface area is 113 Å². The largest absolute Gasteiger partial charge is 0.331 e. The molecule has 102 valence electrons. The van der Waals surface area contributed by atoms with Crippen LogP contribution < -0.4 is 0 Å². The normalized spacial score (nSPS) is 15.1. The minimum absolute atomic E-state index is 0.0291. The van der Waals surface area contributed by atoms with Crippen molar-refractivity contribution in [1.29, 1.82) is 0 Å². The zero-order valence-electron chi connectivity index (χ0n) is 12.0. The van der Waals surface area contributed by atoms with E-state index in [9.17, 15) is 9.59 Å². The summed E-state index contributed by atoms with van der Waals surface area (Å²) in [5.74, 6) is -0.798. The second kappa shape index (κ2) is 4.76. The highest BCUT2D eigenvalue weighted by atomic mass is 16.2. The first kappa shape index (κ1) is 13.7. The van der Waals surface area contributed by atoms with Gasteiger partial charge >= 0.3 is 0 Å². The number of Topliss-reactive ketones (excluding diaryl/α,β-unsaturated/α-hetero) is 1. The van der Waals surface area contributed by atoms with Crippen molar-refractivity contribution in [2.75, 3.05) is 6.54 Å². The molecule has 1 aliphatic heterocycles. The second-order valence-electron chi connectivity index (χ2n) is 6.09. The third-order valence-corrected chi connectivity index (χ3v) is 3.41. The fourth-order valence-electron chi connectivity index (χ4n) is 2.23. The van der Waals surface area contributed by atoms with E-state index in [0.29, 0.717) is 13.1 Å². The Morgan fingerprint density at radius 1 is 1.26 bits per heavy atom. The SMILES string of the molecule is CC(=O)C(=O)N1CCc2nc(C(C)(C)C)ccc2C1. The molecular formula is C15H20N2O2. The van der Waals surface area contributed by atoms with Crippen LogP contribution in [0.2, 0.25) is 0 Å². The Kier molecular flexibility index (Phi) is 3.43. The summed E-state index contributed by atoms with van der Waals surface area (Å²) in [7, 11) is 0. The number of hydrogen-bond donors (Lipinski definition) is 0. The standard InChI is InChI=1S/C15H20N2O2/c1-10(18)14(19)17-8-7-12-11(9-17)5-6-13(16-12)15(2,3)4/h5-6H,7-9H2,1-4H3. The van der Waals surface area contributed by atoms with Gasteiger partial charge in [0, 0.05) is 43.2 Å². The van der Waals surface area contributed by atoms with E-state index >= 15 is 0 Å². The van der Waals surface area contributed by atoms with E-state index in [4.69, 9.17) is 4.98 Å². The monoisotopic (exact) mass is 260 g/mol. The fourth-order valence-corrected chi connectivity index (χ4v) is 2.23. The van der Waals surface area contributed by atoms with E-state index in [-0.39, 0.29) is 5.41 Å². The van der Waals surface area contributed by atoms with E-state index < -0.39 is 11.7 Å². The van der Waals surface area contributed by atoms with Crippen LogP contribution in [0.4, 0.5) is 0 Å². The second-order valence-corrected chi connectivity index (χ2v) is 6.09. The maximum Gasteiger partial charge on any atom is 0.289 e.